The smallest absolute Gasteiger partial charge is 0.227 e. The lowest BCUT2D eigenvalue weighted by Crippen LogP contribution is -2.37. The van der Waals surface area contributed by atoms with Crippen LogP contribution in [-0.4, -0.2) is 41.5 Å². The number of nitrogens with one attached hydrogen (secondary N) is 1. The van der Waals surface area contributed by atoms with E-state index < -0.39 is 5.92 Å². The summed E-state index contributed by atoms with van der Waals surface area (Å²) in [5.74, 6) is 1.73. The minimum Gasteiger partial charge on any atom is -0.486 e. The molecule has 1 aliphatic carbocycles. The van der Waals surface area contributed by atoms with Gasteiger partial charge in [-0.2, -0.15) is 0 Å². The van der Waals surface area contributed by atoms with E-state index in [2.05, 4.69) is 15.3 Å². The van der Waals surface area contributed by atoms with Crippen LogP contribution < -0.4 is 19.7 Å². The van der Waals surface area contributed by atoms with Gasteiger partial charge in [-0.3, -0.25) is 9.59 Å². The number of carbonyl (C=O) groups is 2. The van der Waals surface area contributed by atoms with Crippen molar-refractivity contribution < 1.29 is 19.1 Å². The van der Waals surface area contributed by atoms with Crippen LogP contribution in [0.3, 0.4) is 0 Å². The van der Waals surface area contributed by atoms with Crippen LogP contribution in [0.4, 0.5) is 5.69 Å². The van der Waals surface area contributed by atoms with Crippen molar-refractivity contribution in [3.05, 3.63) is 42.0 Å². The van der Waals surface area contributed by atoms with Gasteiger partial charge < -0.3 is 19.7 Å². The van der Waals surface area contributed by atoms with Crippen LogP contribution in [-0.2, 0) is 9.59 Å². The van der Waals surface area contributed by atoms with E-state index >= 15 is 0 Å². The molecule has 1 saturated carbocycles. The summed E-state index contributed by atoms with van der Waals surface area (Å²) in [6.45, 7) is 3.26. The highest BCUT2D eigenvalue weighted by molar-refractivity contribution is 6.00. The second-order valence-corrected chi connectivity index (χ2v) is 8.11. The summed E-state index contributed by atoms with van der Waals surface area (Å²) >= 11 is 0. The van der Waals surface area contributed by atoms with Gasteiger partial charge in [0.1, 0.15) is 13.2 Å². The van der Waals surface area contributed by atoms with Crippen molar-refractivity contribution in [2.45, 2.75) is 32.2 Å². The topological polar surface area (TPSA) is 93.7 Å². The number of amides is 2. The van der Waals surface area contributed by atoms with Crippen LogP contribution in [0.2, 0.25) is 0 Å². The molecule has 2 fully saturated rings. The Morgan fingerprint density at radius 1 is 1.20 bits per heavy atom. The first-order valence-electron chi connectivity index (χ1n) is 10.4. The van der Waals surface area contributed by atoms with Gasteiger partial charge in [0.2, 0.25) is 11.8 Å². The van der Waals surface area contributed by atoms with E-state index in [-0.39, 0.29) is 24.3 Å². The molecule has 3 aliphatic rings. The normalized spacial score (nSPS) is 21.4. The Hall–Kier alpha value is -3.16. The molecule has 1 aromatic carbocycles. The minimum atomic E-state index is -0.406. The van der Waals surface area contributed by atoms with Gasteiger partial charge in [-0.05, 0) is 43.9 Å². The summed E-state index contributed by atoms with van der Waals surface area (Å²) in [6, 6.07) is 7.09. The summed E-state index contributed by atoms with van der Waals surface area (Å²) in [4.78, 5) is 36.2. The fourth-order valence-electron chi connectivity index (χ4n) is 4.04. The monoisotopic (exact) mass is 408 g/mol. The zero-order valence-corrected chi connectivity index (χ0v) is 16.8. The highest BCUT2D eigenvalue weighted by Gasteiger charge is 2.40. The molecule has 1 aromatic heterocycles. The summed E-state index contributed by atoms with van der Waals surface area (Å²) in [5.41, 5.74) is 1.60. The van der Waals surface area contributed by atoms with Crippen LogP contribution in [0.15, 0.2) is 30.5 Å². The molecule has 1 N–H and O–H groups in total. The second-order valence-electron chi connectivity index (χ2n) is 8.11. The number of carbonyl (C=O) groups excluding carboxylic acids is 2. The molecule has 0 radical (unpaired) electrons. The number of aryl methyl sites for hydroxylation is 1. The lowest BCUT2D eigenvalue weighted by Gasteiger charge is -2.22. The molecular weight excluding hydrogens is 384 g/mol. The zero-order valence-electron chi connectivity index (χ0n) is 16.8. The van der Waals surface area contributed by atoms with Crippen LogP contribution in [0.25, 0.3) is 0 Å². The molecule has 5 rings (SSSR count). The highest BCUT2D eigenvalue weighted by atomic mass is 16.6. The Morgan fingerprint density at radius 2 is 2.00 bits per heavy atom. The average molecular weight is 408 g/mol. The molecule has 0 spiro atoms. The number of hydrogen-bond donors (Lipinski definition) is 1. The molecule has 8 heteroatoms. The van der Waals surface area contributed by atoms with Gasteiger partial charge in [0, 0.05) is 36.6 Å². The summed E-state index contributed by atoms with van der Waals surface area (Å²) in [6.07, 6.45) is 4.01. The van der Waals surface area contributed by atoms with E-state index in [0.29, 0.717) is 43.0 Å². The summed E-state index contributed by atoms with van der Waals surface area (Å²) in [7, 11) is 0. The fourth-order valence-corrected chi connectivity index (χ4v) is 4.04. The first-order valence-corrected chi connectivity index (χ1v) is 10.4. The van der Waals surface area contributed by atoms with Gasteiger partial charge in [-0.25, -0.2) is 9.97 Å². The maximum atomic E-state index is 13.0. The Balaban J connectivity index is 1.29. The predicted molar refractivity (Wildman–Crippen MR) is 108 cm³/mol. The van der Waals surface area contributed by atoms with Gasteiger partial charge in [-0.15, -0.1) is 0 Å². The zero-order chi connectivity index (χ0) is 20.7. The van der Waals surface area contributed by atoms with Crippen molar-refractivity contribution in [1.82, 2.24) is 15.3 Å². The second kappa shape index (κ2) is 7.59. The number of hydrogen-bond acceptors (Lipinski definition) is 6. The third-order valence-electron chi connectivity index (χ3n) is 5.82. The molecule has 2 aromatic rings. The number of ether oxygens (including phenoxy) is 2. The molecule has 3 heterocycles. The van der Waals surface area contributed by atoms with Crippen LogP contribution >= 0.6 is 0 Å². The standard InChI is InChI=1S/C22H24N4O4/c1-13-6-7-23-21(24-13)20(14-2-3-14)25-22(28)15-10-19(27)26(12-15)16-4-5-17-18(11-16)30-9-8-29-17/h4-7,11,14-15,20H,2-3,8-10,12H2,1H3,(H,25,28)/t15-,20-/m0/s1. The molecule has 30 heavy (non-hydrogen) atoms. The Bertz CT molecular complexity index is 991. The van der Waals surface area contributed by atoms with Crippen molar-refractivity contribution in [3.63, 3.8) is 0 Å². The van der Waals surface area contributed by atoms with Crippen molar-refractivity contribution in [2.75, 3.05) is 24.7 Å². The number of rotatable bonds is 5. The van der Waals surface area contributed by atoms with E-state index in [1.54, 1.807) is 17.2 Å². The molecule has 2 amide bonds. The minimum absolute atomic E-state index is 0.0680. The van der Waals surface area contributed by atoms with Gasteiger partial charge >= 0.3 is 0 Å². The number of benzene rings is 1. The van der Waals surface area contributed by atoms with Gasteiger partial charge in [0.15, 0.2) is 17.3 Å². The molecule has 0 bridgehead atoms. The molecule has 2 atom stereocenters. The SMILES string of the molecule is Cc1ccnc([C@@H](NC(=O)[C@H]2CC(=O)N(c3ccc4c(c3)OCCO4)C2)C2CC2)n1. The third kappa shape index (κ3) is 3.69. The summed E-state index contributed by atoms with van der Waals surface area (Å²) in [5, 5.41) is 3.12. The van der Waals surface area contributed by atoms with Crippen molar-refractivity contribution in [3.8, 4) is 11.5 Å². The number of nitrogens with zero attached hydrogens (tertiary/aromatic N) is 3. The molecular formula is C22H24N4O4. The highest BCUT2D eigenvalue weighted by Crippen LogP contribution is 2.40. The van der Waals surface area contributed by atoms with E-state index in [0.717, 1.165) is 24.2 Å². The van der Waals surface area contributed by atoms with Crippen LogP contribution in [0.5, 0.6) is 11.5 Å². The van der Waals surface area contributed by atoms with Gasteiger partial charge in [0.25, 0.3) is 0 Å². The maximum absolute atomic E-state index is 13.0. The maximum Gasteiger partial charge on any atom is 0.227 e. The molecule has 8 nitrogen and oxygen atoms in total. The lowest BCUT2D eigenvalue weighted by molar-refractivity contribution is -0.127. The van der Waals surface area contributed by atoms with Crippen molar-refractivity contribution in [2.24, 2.45) is 11.8 Å². The lowest BCUT2D eigenvalue weighted by atomic mass is 10.1. The molecule has 2 aliphatic heterocycles. The van der Waals surface area contributed by atoms with Crippen LogP contribution in [0.1, 0.15) is 36.8 Å². The van der Waals surface area contributed by atoms with E-state index in [1.807, 2.05) is 25.1 Å². The number of fused-ring (bicyclic) bond motifs is 1. The number of anilines is 1. The Labute approximate surface area is 174 Å². The first-order chi connectivity index (χ1) is 14.6. The first kappa shape index (κ1) is 18.8. The molecule has 1 saturated heterocycles. The average Bonchev–Trinajstić information content (AvgIpc) is 3.52. The largest absolute Gasteiger partial charge is 0.486 e. The predicted octanol–water partition coefficient (Wildman–Crippen LogP) is 2.18. The molecule has 0 unspecified atom stereocenters. The van der Waals surface area contributed by atoms with Crippen LogP contribution in [0, 0.1) is 18.8 Å². The quantitative estimate of drug-likeness (QED) is 0.815. The molecule has 156 valence electrons. The van der Waals surface area contributed by atoms with Gasteiger partial charge in [0.05, 0.1) is 12.0 Å². The Kier molecular flexibility index (Phi) is 4.77. The van der Waals surface area contributed by atoms with E-state index in [1.165, 1.54) is 0 Å². The third-order valence-corrected chi connectivity index (χ3v) is 5.82. The summed E-state index contributed by atoms with van der Waals surface area (Å²) < 4.78 is 11.2. The van der Waals surface area contributed by atoms with Crippen molar-refractivity contribution in [1.29, 1.82) is 0 Å². The fraction of sp³-hybridized carbons (Fsp3) is 0.455. The van der Waals surface area contributed by atoms with E-state index in [9.17, 15) is 9.59 Å². The Morgan fingerprint density at radius 3 is 2.77 bits per heavy atom. The number of aromatic nitrogens is 2. The van der Waals surface area contributed by atoms with Gasteiger partial charge in [-0.1, -0.05) is 0 Å². The van der Waals surface area contributed by atoms with Crippen molar-refractivity contribution >= 4 is 17.5 Å². The van der Waals surface area contributed by atoms with E-state index in [4.69, 9.17) is 9.47 Å².